The van der Waals surface area contributed by atoms with Gasteiger partial charge >= 0.3 is 0 Å². The number of nitrogens with one attached hydrogen (secondary N) is 1. The third-order valence-electron chi connectivity index (χ3n) is 1.49. The summed E-state index contributed by atoms with van der Waals surface area (Å²) in [6.07, 6.45) is 0. The van der Waals surface area contributed by atoms with Crippen molar-refractivity contribution in [2.45, 2.75) is 26.8 Å². The van der Waals surface area contributed by atoms with Crippen LogP contribution in [0.15, 0.2) is 0 Å². The smallest absolute Gasteiger partial charge is 0.0188 e. The molecule has 0 bridgehead atoms. The highest BCUT2D eigenvalue weighted by Crippen LogP contribution is 1.95. The fraction of sp³-hybridized carbons (Fsp3) is 1.00. The first-order chi connectivity index (χ1) is 4.18. The van der Waals surface area contributed by atoms with E-state index in [1.54, 1.807) is 0 Å². The summed E-state index contributed by atoms with van der Waals surface area (Å²) in [7, 11) is 0. The Morgan fingerprint density at radius 3 is 2.33 bits per heavy atom. The van der Waals surface area contributed by atoms with Gasteiger partial charge in [0.1, 0.15) is 0 Å². The molecular formula is C7H18N2. The van der Waals surface area contributed by atoms with E-state index in [0.717, 1.165) is 13.1 Å². The van der Waals surface area contributed by atoms with Gasteiger partial charge < -0.3 is 11.1 Å². The summed E-state index contributed by atoms with van der Waals surface area (Å²) in [5.74, 6) is 0.587. The minimum Gasteiger partial charge on any atom is -0.326 e. The van der Waals surface area contributed by atoms with E-state index in [9.17, 15) is 0 Å². The van der Waals surface area contributed by atoms with Crippen molar-refractivity contribution in [1.29, 1.82) is 0 Å². The van der Waals surface area contributed by atoms with Gasteiger partial charge in [0.15, 0.2) is 0 Å². The fourth-order valence-corrected chi connectivity index (χ4v) is 0.547. The largest absolute Gasteiger partial charge is 0.326 e. The second kappa shape index (κ2) is 4.77. The van der Waals surface area contributed by atoms with Crippen molar-refractivity contribution < 1.29 is 0 Å². The van der Waals surface area contributed by atoms with Gasteiger partial charge in [0, 0.05) is 12.6 Å². The molecule has 0 spiro atoms. The van der Waals surface area contributed by atoms with Crippen molar-refractivity contribution in [3.05, 3.63) is 0 Å². The molecule has 0 fully saturated rings. The standard InChI is InChI=1S/C7H18N2/c1-4-9-5-7(8)6(2)3/h6-7,9H,4-5,8H2,1-3H3. The van der Waals surface area contributed by atoms with Gasteiger partial charge in [-0.05, 0) is 12.5 Å². The third kappa shape index (κ3) is 4.43. The Bertz CT molecular complexity index is 61.9. The van der Waals surface area contributed by atoms with Crippen LogP contribution in [0.1, 0.15) is 20.8 Å². The molecule has 0 aliphatic rings. The third-order valence-corrected chi connectivity index (χ3v) is 1.49. The molecule has 2 heteroatoms. The second-order valence-electron chi connectivity index (χ2n) is 2.72. The molecule has 0 amide bonds. The maximum atomic E-state index is 5.74. The van der Waals surface area contributed by atoms with Gasteiger partial charge in [-0.3, -0.25) is 0 Å². The Labute approximate surface area is 57.8 Å². The molecular weight excluding hydrogens is 112 g/mol. The lowest BCUT2D eigenvalue weighted by molar-refractivity contribution is 0.464. The number of hydrogen-bond donors (Lipinski definition) is 2. The predicted octanol–water partition coefficient (Wildman–Crippen LogP) is 0.579. The average molecular weight is 130 g/mol. The highest BCUT2D eigenvalue weighted by molar-refractivity contribution is 4.66. The van der Waals surface area contributed by atoms with E-state index in [1.807, 2.05) is 0 Å². The monoisotopic (exact) mass is 130 g/mol. The van der Waals surface area contributed by atoms with Crippen LogP contribution in [-0.2, 0) is 0 Å². The Kier molecular flexibility index (Phi) is 4.72. The summed E-state index contributed by atoms with van der Waals surface area (Å²) >= 11 is 0. The van der Waals surface area contributed by atoms with Crippen LogP contribution in [0.4, 0.5) is 0 Å². The first-order valence-electron chi connectivity index (χ1n) is 3.64. The molecule has 0 aliphatic carbocycles. The quantitative estimate of drug-likeness (QED) is 0.584. The highest BCUT2D eigenvalue weighted by Gasteiger charge is 2.04. The lowest BCUT2D eigenvalue weighted by Gasteiger charge is -2.14. The minimum atomic E-state index is 0.310. The Balaban J connectivity index is 3.16. The zero-order valence-electron chi connectivity index (χ0n) is 6.65. The number of nitrogens with two attached hydrogens (primary N) is 1. The van der Waals surface area contributed by atoms with Crippen LogP contribution in [0.25, 0.3) is 0 Å². The van der Waals surface area contributed by atoms with Gasteiger partial charge in [0.25, 0.3) is 0 Å². The summed E-state index contributed by atoms with van der Waals surface area (Å²) in [6, 6.07) is 0.310. The van der Waals surface area contributed by atoms with Crippen LogP contribution in [0.3, 0.4) is 0 Å². The number of rotatable bonds is 4. The van der Waals surface area contributed by atoms with Gasteiger partial charge in [-0.25, -0.2) is 0 Å². The van der Waals surface area contributed by atoms with E-state index in [1.165, 1.54) is 0 Å². The van der Waals surface area contributed by atoms with Crippen LogP contribution >= 0.6 is 0 Å². The van der Waals surface area contributed by atoms with Crippen molar-refractivity contribution in [2.75, 3.05) is 13.1 Å². The Morgan fingerprint density at radius 2 is 2.00 bits per heavy atom. The van der Waals surface area contributed by atoms with Crippen LogP contribution in [0.5, 0.6) is 0 Å². The molecule has 0 saturated heterocycles. The van der Waals surface area contributed by atoms with Crippen LogP contribution in [-0.4, -0.2) is 19.1 Å². The maximum Gasteiger partial charge on any atom is 0.0188 e. The number of likely N-dealkylation sites (N-methyl/N-ethyl adjacent to an activating group) is 1. The summed E-state index contributed by atoms with van der Waals surface area (Å²) in [4.78, 5) is 0. The van der Waals surface area contributed by atoms with E-state index in [0.29, 0.717) is 12.0 Å². The molecule has 0 aromatic carbocycles. The Hall–Kier alpha value is -0.0800. The molecule has 0 saturated carbocycles. The molecule has 0 aliphatic heterocycles. The zero-order valence-corrected chi connectivity index (χ0v) is 6.65. The first kappa shape index (κ1) is 8.92. The Morgan fingerprint density at radius 1 is 1.44 bits per heavy atom. The van der Waals surface area contributed by atoms with Crippen molar-refractivity contribution in [3.8, 4) is 0 Å². The van der Waals surface area contributed by atoms with Gasteiger partial charge in [-0.2, -0.15) is 0 Å². The lowest BCUT2D eigenvalue weighted by Crippen LogP contribution is -2.37. The molecule has 0 aromatic heterocycles. The first-order valence-corrected chi connectivity index (χ1v) is 3.64. The topological polar surface area (TPSA) is 38.0 Å². The number of hydrogen-bond acceptors (Lipinski definition) is 2. The average Bonchev–Trinajstić information content (AvgIpc) is 1.82. The molecule has 9 heavy (non-hydrogen) atoms. The van der Waals surface area contributed by atoms with Crippen LogP contribution in [0.2, 0.25) is 0 Å². The van der Waals surface area contributed by atoms with E-state index < -0.39 is 0 Å². The highest BCUT2D eigenvalue weighted by atomic mass is 14.9. The summed E-state index contributed by atoms with van der Waals surface area (Å²) < 4.78 is 0. The van der Waals surface area contributed by atoms with E-state index in [4.69, 9.17) is 5.73 Å². The van der Waals surface area contributed by atoms with Gasteiger partial charge in [-0.1, -0.05) is 20.8 Å². The molecule has 0 radical (unpaired) electrons. The van der Waals surface area contributed by atoms with E-state index >= 15 is 0 Å². The van der Waals surface area contributed by atoms with Crippen molar-refractivity contribution >= 4 is 0 Å². The van der Waals surface area contributed by atoms with Gasteiger partial charge in [0.2, 0.25) is 0 Å². The second-order valence-corrected chi connectivity index (χ2v) is 2.72. The molecule has 0 aromatic rings. The molecule has 1 unspecified atom stereocenters. The lowest BCUT2D eigenvalue weighted by atomic mass is 10.1. The maximum absolute atomic E-state index is 5.74. The molecule has 1 atom stereocenters. The summed E-state index contributed by atoms with van der Waals surface area (Å²) in [5.41, 5.74) is 5.74. The molecule has 3 N–H and O–H groups in total. The SMILES string of the molecule is CCNCC(N)C(C)C. The van der Waals surface area contributed by atoms with Crippen molar-refractivity contribution in [2.24, 2.45) is 11.7 Å². The van der Waals surface area contributed by atoms with E-state index in [-0.39, 0.29) is 0 Å². The predicted molar refractivity (Wildman–Crippen MR) is 41.4 cm³/mol. The van der Waals surface area contributed by atoms with E-state index in [2.05, 4.69) is 26.1 Å². The molecule has 0 rings (SSSR count). The van der Waals surface area contributed by atoms with Gasteiger partial charge in [0.05, 0.1) is 0 Å². The van der Waals surface area contributed by atoms with Gasteiger partial charge in [-0.15, -0.1) is 0 Å². The van der Waals surface area contributed by atoms with Crippen LogP contribution < -0.4 is 11.1 Å². The van der Waals surface area contributed by atoms with Crippen LogP contribution in [0, 0.1) is 5.92 Å². The molecule has 2 nitrogen and oxygen atoms in total. The normalized spacial score (nSPS) is 14.3. The summed E-state index contributed by atoms with van der Waals surface area (Å²) in [6.45, 7) is 8.33. The summed E-state index contributed by atoms with van der Waals surface area (Å²) in [5, 5.41) is 3.20. The molecule has 56 valence electrons. The molecule has 0 heterocycles. The van der Waals surface area contributed by atoms with Crippen molar-refractivity contribution in [1.82, 2.24) is 5.32 Å². The van der Waals surface area contributed by atoms with Crippen molar-refractivity contribution in [3.63, 3.8) is 0 Å². The fourth-order valence-electron chi connectivity index (χ4n) is 0.547. The zero-order chi connectivity index (χ0) is 7.28. The minimum absolute atomic E-state index is 0.310.